The number of likely N-dealkylation sites (tertiary alicyclic amines) is 1. The Balaban J connectivity index is 2.26. The number of phenolic OH excluding ortho intramolecular Hbond substituents is 1. The third-order valence-corrected chi connectivity index (χ3v) is 6.43. The number of carboxylic acid groups (broad SMARTS) is 1. The van der Waals surface area contributed by atoms with Crippen molar-refractivity contribution < 1.29 is 34.2 Å². The predicted molar refractivity (Wildman–Crippen MR) is 144 cm³/mol. The van der Waals surface area contributed by atoms with Crippen LogP contribution in [-0.2, 0) is 30.4 Å². The summed E-state index contributed by atoms with van der Waals surface area (Å²) in [6, 6.07) is 1.55. The van der Waals surface area contributed by atoms with Crippen LogP contribution >= 0.6 is 0 Å². The number of carbonyl (C=O) groups is 5. The van der Waals surface area contributed by atoms with Crippen LogP contribution in [-0.4, -0.2) is 87.9 Å². The van der Waals surface area contributed by atoms with E-state index in [1.165, 1.54) is 17.0 Å². The molecule has 1 aromatic carbocycles. The molecule has 12 N–H and O–H groups in total. The number of primary amides is 1. The molecule has 1 heterocycles. The summed E-state index contributed by atoms with van der Waals surface area (Å²) in [4.78, 5) is 67.5. The first kappa shape index (κ1) is 31.8. The zero-order chi connectivity index (χ0) is 29.8. The average Bonchev–Trinajstić information content (AvgIpc) is 3.39. The minimum absolute atomic E-state index is 0.000481. The van der Waals surface area contributed by atoms with E-state index in [2.05, 4.69) is 15.6 Å². The third-order valence-electron chi connectivity index (χ3n) is 6.43. The van der Waals surface area contributed by atoms with Crippen molar-refractivity contribution in [2.24, 2.45) is 27.9 Å². The molecule has 0 saturated carbocycles. The molecule has 15 nitrogen and oxygen atoms in total. The summed E-state index contributed by atoms with van der Waals surface area (Å²) >= 11 is 0. The second kappa shape index (κ2) is 15.3. The van der Waals surface area contributed by atoms with Gasteiger partial charge in [0.1, 0.15) is 23.9 Å². The van der Waals surface area contributed by atoms with Crippen LogP contribution in [0.1, 0.15) is 44.1 Å². The Morgan fingerprint density at radius 1 is 1.00 bits per heavy atom. The number of nitrogens with two attached hydrogens (primary N) is 4. The van der Waals surface area contributed by atoms with Gasteiger partial charge in [0.15, 0.2) is 5.96 Å². The lowest BCUT2D eigenvalue weighted by Gasteiger charge is -2.29. The van der Waals surface area contributed by atoms with E-state index in [1.807, 2.05) is 0 Å². The van der Waals surface area contributed by atoms with E-state index < -0.39 is 53.8 Å². The second-order valence-electron chi connectivity index (χ2n) is 9.58. The molecule has 1 aliphatic rings. The lowest BCUT2D eigenvalue weighted by molar-refractivity contribution is -0.149. The monoisotopic (exact) mass is 562 g/mol. The Morgan fingerprint density at radius 3 is 2.25 bits per heavy atom. The maximum absolute atomic E-state index is 13.5. The zero-order valence-electron chi connectivity index (χ0n) is 22.1. The molecular weight excluding hydrogens is 524 g/mol. The summed E-state index contributed by atoms with van der Waals surface area (Å²) in [5, 5.41) is 24.4. The van der Waals surface area contributed by atoms with Crippen molar-refractivity contribution in [2.45, 2.75) is 69.1 Å². The molecule has 15 heteroatoms. The Labute approximate surface area is 231 Å². The van der Waals surface area contributed by atoms with Crippen LogP contribution in [0.3, 0.4) is 0 Å². The van der Waals surface area contributed by atoms with Crippen molar-refractivity contribution in [3.8, 4) is 5.75 Å². The van der Waals surface area contributed by atoms with Gasteiger partial charge in [0.2, 0.25) is 23.6 Å². The van der Waals surface area contributed by atoms with E-state index in [-0.39, 0.29) is 63.3 Å². The molecule has 40 heavy (non-hydrogen) atoms. The molecule has 4 atom stereocenters. The minimum Gasteiger partial charge on any atom is -0.508 e. The summed E-state index contributed by atoms with van der Waals surface area (Å²) in [6.07, 6.45) is 0.995. The van der Waals surface area contributed by atoms with Crippen LogP contribution in [0.4, 0.5) is 0 Å². The molecule has 1 aliphatic heterocycles. The van der Waals surface area contributed by atoms with Crippen LogP contribution in [0.2, 0.25) is 0 Å². The molecule has 0 radical (unpaired) electrons. The Morgan fingerprint density at radius 2 is 1.65 bits per heavy atom. The molecule has 1 aromatic rings. The van der Waals surface area contributed by atoms with Crippen molar-refractivity contribution in [2.75, 3.05) is 13.1 Å². The SMILES string of the molecule is NC(=O)CCC(N)C(=O)NC(CCCN=C(N)N)C(=O)NC(Cc1ccc(O)cc1)C(=O)N1CCCC1C(=O)O. The van der Waals surface area contributed by atoms with Gasteiger partial charge in [-0.05, 0) is 49.8 Å². The number of carboxylic acids is 1. The quantitative estimate of drug-likeness (QED) is 0.0639. The van der Waals surface area contributed by atoms with Gasteiger partial charge in [-0.25, -0.2) is 4.79 Å². The van der Waals surface area contributed by atoms with Crippen molar-refractivity contribution >= 4 is 35.6 Å². The number of rotatable bonds is 15. The van der Waals surface area contributed by atoms with E-state index in [1.54, 1.807) is 12.1 Å². The third kappa shape index (κ3) is 10.1. The van der Waals surface area contributed by atoms with Gasteiger partial charge < -0.3 is 48.7 Å². The van der Waals surface area contributed by atoms with E-state index in [0.717, 1.165) is 0 Å². The molecule has 0 aromatic heterocycles. The first-order valence-corrected chi connectivity index (χ1v) is 12.9. The van der Waals surface area contributed by atoms with Gasteiger partial charge in [-0.15, -0.1) is 0 Å². The Kier molecular flexibility index (Phi) is 12.1. The molecule has 2 rings (SSSR count). The topological polar surface area (TPSA) is 270 Å². The minimum atomic E-state index is -1.17. The predicted octanol–water partition coefficient (Wildman–Crippen LogP) is -2.37. The van der Waals surface area contributed by atoms with E-state index in [0.29, 0.717) is 12.0 Å². The standard InChI is InChI=1S/C25H38N8O7/c26-16(9-10-20(27)35)21(36)31-17(3-1-11-30-25(28)29)22(37)32-18(13-14-5-7-15(34)8-6-14)23(38)33-12-2-4-19(33)24(39)40/h5-8,16-19,34H,1-4,9-13,26H2,(H2,27,35)(H,31,36)(H,32,37)(H,39,40)(H4,28,29,30). The lowest BCUT2D eigenvalue weighted by atomic mass is 10.0. The number of benzene rings is 1. The fraction of sp³-hybridized carbons (Fsp3) is 0.520. The average molecular weight is 563 g/mol. The van der Waals surface area contributed by atoms with Gasteiger partial charge in [0.05, 0.1) is 6.04 Å². The normalized spacial score (nSPS) is 16.8. The maximum atomic E-state index is 13.5. The van der Waals surface area contributed by atoms with Gasteiger partial charge in [-0.3, -0.25) is 24.2 Å². The van der Waals surface area contributed by atoms with Crippen LogP contribution in [0.25, 0.3) is 0 Å². The molecule has 1 fully saturated rings. The summed E-state index contributed by atoms with van der Waals surface area (Å²) in [6.45, 7) is 0.380. The summed E-state index contributed by atoms with van der Waals surface area (Å²) in [5.41, 5.74) is 22.3. The number of phenols is 1. The highest BCUT2D eigenvalue weighted by Crippen LogP contribution is 2.20. The summed E-state index contributed by atoms with van der Waals surface area (Å²) in [5.74, 6) is -3.90. The van der Waals surface area contributed by atoms with Gasteiger partial charge >= 0.3 is 5.97 Å². The van der Waals surface area contributed by atoms with Gasteiger partial charge in [-0.2, -0.15) is 0 Å². The lowest BCUT2D eigenvalue weighted by Crippen LogP contribution is -2.57. The molecule has 0 spiro atoms. The number of guanidine groups is 1. The van der Waals surface area contributed by atoms with E-state index >= 15 is 0 Å². The van der Waals surface area contributed by atoms with Crippen LogP contribution < -0.4 is 33.6 Å². The van der Waals surface area contributed by atoms with Crippen LogP contribution in [0, 0.1) is 0 Å². The van der Waals surface area contributed by atoms with Crippen molar-refractivity contribution in [1.29, 1.82) is 0 Å². The zero-order valence-corrected chi connectivity index (χ0v) is 22.1. The molecule has 0 aliphatic carbocycles. The van der Waals surface area contributed by atoms with E-state index in [9.17, 15) is 34.2 Å². The van der Waals surface area contributed by atoms with E-state index in [4.69, 9.17) is 22.9 Å². The van der Waals surface area contributed by atoms with Crippen molar-refractivity contribution in [1.82, 2.24) is 15.5 Å². The number of nitrogens with zero attached hydrogens (tertiary/aromatic N) is 2. The first-order valence-electron chi connectivity index (χ1n) is 12.9. The highest BCUT2D eigenvalue weighted by molar-refractivity contribution is 5.94. The number of aromatic hydroxyl groups is 1. The number of carbonyl (C=O) groups excluding carboxylic acids is 4. The molecular formula is C25H38N8O7. The first-order chi connectivity index (χ1) is 18.9. The Bertz CT molecular complexity index is 1090. The smallest absolute Gasteiger partial charge is 0.326 e. The number of nitrogens with one attached hydrogen (secondary N) is 2. The second-order valence-corrected chi connectivity index (χ2v) is 9.58. The molecule has 4 unspecified atom stereocenters. The number of aliphatic carboxylic acids is 1. The molecule has 1 saturated heterocycles. The maximum Gasteiger partial charge on any atom is 0.326 e. The molecule has 4 amide bonds. The highest BCUT2D eigenvalue weighted by atomic mass is 16.4. The number of amides is 4. The summed E-state index contributed by atoms with van der Waals surface area (Å²) in [7, 11) is 0. The van der Waals surface area contributed by atoms with Crippen LogP contribution in [0.15, 0.2) is 29.3 Å². The largest absolute Gasteiger partial charge is 0.508 e. The van der Waals surface area contributed by atoms with Crippen molar-refractivity contribution in [3.05, 3.63) is 29.8 Å². The van der Waals surface area contributed by atoms with Gasteiger partial charge in [0, 0.05) is 25.9 Å². The summed E-state index contributed by atoms with van der Waals surface area (Å²) < 4.78 is 0. The molecule has 220 valence electrons. The number of aliphatic imine (C=N–C) groups is 1. The van der Waals surface area contributed by atoms with Gasteiger partial charge in [-0.1, -0.05) is 12.1 Å². The van der Waals surface area contributed by atoms with Crippen LogP contribution in [0.5, 0.6) is 5.75 Å². The number of hydrogen-bond donors (Lipinski definition) is 8. The number of hydrogen-bond acceptors (Lipinski definition) is 8. The van der Waals surface area contributed by atoms with Gasteiger partial charge in [0.25, 0.3) is 0 Å². The fourth-order valence-electron chi connectivity index (χ4n) is 4.31. The Hall–Kier alpha value is -4.40. The fourth-order valence-corrected chi connectivity index (χ4v) is 4.31. The molecule has 0 bridgehead atoms. The van der Waals surface area contributed by atoms with Crippen molar-refractivity contribution in [3.63, 3.8) is 0 Å². The highest BCUT2D eigenvalue weighted by Gasteiger charge is 2.38.